The third-order valence-electron chi connectivity index (χ3n) is 3.90. The van der Waals surface area contributed by atoms with E-state index in [0.29, 0.717) is 5.75 Å². The van der Waals surface area contributed by atoms with Crippen LogP contribution in [0.2, 0.25) is 0 Å². The quantitative estimate of drug-likeness (QED) is 0.560. The maximum Gasteiger partial charge on any atom is 0.129 e. The number of rotatable bonds is 1. The molecule has 1 aliphatic carbocycles. The van der Waals surface area contributed by atoms with Gasteiger partial charge in [0.25, 0.3) is 0 Å². The van der Waals surface area contributed by atoms with Crippen molar-refractivity contribution < 1.29 is 5.11 Å². The molecule has 0 saturated heterocycles. The highest BCUT2D eigenvalue weighted by molar-refractivity contribution is 5.84. The predicted molar refractivity (Wildman–Crippen MR) is 79.6 cm³/mol. The fourth-order valence-corrected chi connectivity index (χ4v) is 2.92. The molecule has 20 heavy (non-hydrogen) atoms. The second-order valence-corrected chi connectivity index (χ2v) is 5.04. The average Bonchev–Trinajstić information content (AvgIpc) is 2.88. The van der Waals surface area contributed by atoms with Crippen molar-refractivity contribution >= 4 is 0 Å². The maximum atomic E-state index is 10.6. The second-order valence-electron chi connectivity index (χ2n) is 5.04. The number of fused-ring (bicyclic) bond motifs is 3. The van der Waals surface area contributed by atoms with Gasteiger partial charge in [-0.15, -0.1) is 0 Å². The summed E-state index contributed by atoms with van der Waals surface area (Å²) < 4.78 is 0. The number of phenols is 1. The second kappa shape index (κ2) is 4.20. The van der Waals surface area contributed by atoms with Gasteiger partial charge in [0.2, 0.25) is 0 Å². The molecule has 3 aromatic rings. The van der Waals surface area contributed by atoms with Crippen LogP contribution in [0.4, 0.5) is 0 Å². The molecule has 2 heteroatoms. The lowest BCUT2D eigenvalue weighted by Crippen LogP contribution is -1.88. The average molecular weight is 259 g/mol. The van der Waals surface area contributed by atoms with E-state index in [4.69, 9.17) is 0 Å². The maximum absolute atomic E-state index is 10.6. The smallest absolute Gasteiger partial charge is 0.129 e. The molecular formula is C18H13NO. The number of nitrogens with zero attached hydrogens (tertiary/aromatic N) is 1. The van der Waals surface area contributed by atoms with Crippen LogP contribution >= 0.6 is 0 Å². The zero-order valence-electron chi connectivity index (χ0n) is 10.9. The molecule has 0 spiro atoms. The molecule has 4 rings (SSSR count). The Kier molecular flexibility index (Phi) is 2.36. The molecule has 2 aromatic carbocycles. The van der Waals surface area contributed by atoms with E-state index in [1.165, 1.54) is 11.1 Å². The van der Waals surface area contributed by atoms with Gasteiger partial charge in [0.15, 0.2) is 0 Å². The summed E-state index contributed by atoms with van der Waals surface area (Å²) in [5.41, 5.74) is 6.26. The van der Waals surface area contributed by atoms with E-state index < -0.39 is 0 Å². The topological polar surface area (TPSA) is 33.1 Å². The molecule has 0 fully saturated rings. The van der Waals surface area contributed by atoms with Crippen LogP contribution in [0, 0.1) is 0 Å². The van der Waals surface area contributed by atoms with Crippen molar-refractivity contribution in [2.24, 2.45) is 0 Å². The molecule has 1 aromatic heterocycles. The van der Waals surface area contributed by atoms with Gasteiger partial charge in [-0.1, -0.05) is 36.4 Å². The lowest BCUT2D eigenvalue weighted by Gasteiger charge is -2.09. The minimum absolute atomic E-state index is 0.359. The summed E-state index contributed by atoms with van der Waals surface area (Å²) >= 11 is 0. The first kappa shape index (κ1) is 11.2. The molecular weight excluding hydrogens is 246 g/mol. The first-order chi connectivity index (χ1) is 9.84. The number of aromatic hydroxyl groups is 1. The van der Waals surface area contributed by atoms with Crippen LogP contribution in [0.1, 0.15) is 11.1 Å². The highest BCUT2D eigenvalue weighted by Crippen LogP contribution is 2.44. The summed E-state index contributed by atoms with van der Waals surface area (Å²) in [6.07, 6.45) is 2.54. The highest BCUT2D eigenvalue weighted by atomic mass is 16.3. The van der Waals surface area contributed by atoms with Crippen molar-refractivity contribution in [2.75, 3.05) is 0 Å². The van der Waals surface area contributed by atoms with Crippen molar-refractivity contribution in [3.8, 4) is 28.1 Å². The Morgan fingerprint density at radius 1 is 0.800 bits per heavy atom. The molecule has 1 N–H and O–H groups in total. The third-order valence-corrected chi connectivity index (χ3v) is 3.90. The number of hydrogen-bond acceptors (Lipinski definition) is 2. The van der Waals surface area contributed by atoms with Crippen LogP contribution in [0.15, 0.2) is 60.8 Å². The molecule has 96 valence electrons. The third kappa shape index (κ3) is 1.55. The van der Waals surface area contributed by atoms with E-state index >= 15 is 0 Å². The minimum atomic E-state index is 0.359. The van der Waals surface area contributed by atoms with Gasteiger partial charge in [-0.2, -0.15) is 0 Å². The number of hydrogen-bond donors (Lipinski definition) is 1. The molecule has 0 atom stereocenters. The van der Waals surface area contributed by atoms with Gasteiger partial charge < -0.3 is 5.11 Å². The van der Waals surface area contributed by atoms with E-state index in [0.717, 1.165) is 28.8 Å². The van der Waals surface area contributed by atoms with Crippen molar-refractivity contribution in [3.05, 3.63) is 71.9 Å². The van der Waals surface area contributed by atoms with Gasteiger partial charge in [-0.25, -0.2) is 0 Å². The van der Waals surface area contributed by atoms with Crippen molar-refractivity contribution in [1.29, 1.82) is 0 Å². The Hall–Kier alpha value is -2.61. The van der Waals surface area contributed by atoms with Crippen LogP contribution in [-0.2, 0) is 6.42 Å². The molecule has 0 aliphatic heterocycles. The Morgan fingerprint density at radius 3 is 2.45 bits per heavy atom. The van der Waals surface area contributed by atoms with E-state index in [9.17, 15) is 5.11 Å². The van der Waals surface area contributed by atoms with Crippen LogP contribution in [0.5, 0.6) is 5.75 Å². The summed E-state index contributed by atoms with van der Waals surface area (Å²) in [5, 5.41) is 10.6. The van der Waals surface area contributed by atoms with E-state index in [1.54, 1.807) is 6.20 Å². The first-order valence-electron chi connectivity index (χ1n) is 6.69. The zero-order valence-corrected chi connectivity index (χ0v) is 10.9. The summed E-state index contributed by atoms with van der Waals surface area (Å²) in [7, 11) is 0. The molecule has 0 bridgehead atoms. The van der Waals surface area contributed by atoms with Gasteiger partial charge in [-0.3, -0.25) is 4.98 Å². The van der Waals surface area contributed by atoms with Gasteiger partial charge in [0.05, 0.1) is 5.69 Å². The Morgan fingerprint density at radius 2 is 1.60 bits per heavy atom. The Labute approximate surface area is 117 Å². The van der Waals surface area contributed by atoms with E-state index in [-0.39, 0.29) is 0 Å². The van der Waals surface area contributed by atoms with Gasteiger partial charge in [0.1, 0.15) is 5.75 Å². The monoisotopic (exact) mass is 259 g/mol. The molecule has 0 radical (unpaired) electrons. The molecule has 0 unspecified atom stereocenters. The molecule has 0 amide bonds. The largest absolute Gasteiger partial charge is 0.507 e. The molecule has 1 heterocycles. The van der Waals surface area contributed by atoms with E-state index in [1.807, 2.05) is 36.4 Å². The van der Waals surface area contributed by atoms with Crippen LogP contribution in [0.3, 0.4) is 0 Å². The summed E-state index contributed by atoms with van der Waals surface area (Å²) in [6.45, 7) is 0. The summed E-state index contributed by atoms with van der Waals surface area (Å²) in [4.78, 5) is 4.32. The number of aromatic nitrogens is 1. The number of benzene rings is 2. The normalized spacial score (nSPS) is 12.0. The lowest BCUT2D eigenvalue weighted by molar-refractivity contribution is 0.472. The number of pyridine rings is 1. The van der Waals surface area contributed by atoms with Crippen molar-refractivity contribution in [1.82, 2.24) is 4.98 Å². The summed E-state index contributed by atoms with van der Waals surface area (Å²) in [5.74, 6) is 0.359. The molecule has 1 aliphatic rings. The fourth-order valence-electron chi connectivity index (χ4n) is 2.92. The Bertz CT molecular complexity index is 794. The van der Waals surface area contributed by atoms with Crippen LogP contribution in [-0.4, -0.2) is 10.1 Å². The SMILES string of the molecule is Oc1c(-c2ccccn2)ccc2c1Cc1ccccc1-2. The zero-order chi connectivity index (χ0) is 13.5. The molecule has 0 saturated carbocycles. The van der Waals surface area contributed by atoms with Crippen LogP contribution < -0.4 is 0 Å². The summed E-state index contributed by atoms with van der Waals surface area (Å²) in [6, 6.07) is 18.1. The number of phenolic OH excluding ortho intramolecular Hbond substituents is 1. The highest BCUT2D eigenvalue weighted by Gasteiger charge is 2.23. The fraction of sp³-hybridized carbons (Fsp3) is 0.0556. The molecule has 2 nitrogen and oxygen atoms in total. The minimum Gasteiger partial charge on any atom is -0.507 e. The van der Waals surface area contributed by atoms with Crippen molar-refractivity contribution in [2.45, 2.75) is 6.42 Å². The lowest BCUT2D eigenvalue weighted by atomic mass is 10.00. The first-order valence-corrected chi connectivity index (χ1v) is 6.69. The predicted octanol–water partition coefficient (Wildman–Crippen LogP) is 4.03. The van der Waals surface area contributed by atoms with Crippen molar-refractivity contribution in [3.63, 3.8) is 0 Å². The Balaban J connectivity index is 1.91. The van der Waals surface area contributed by atoms with Crippen LogP contribution in [0.25, 0.3) is 22.4 Å². The van der Waals surface area contributed by atoms with Gasteiger partial charge in [0, 0.05) is 23.7 Å². The van der Waals surface area contributed by atoms with E-state index in [2.05, 4.69) is 23.2 Å². The van der Waals surface area contributed by atoms with Gasteiger partial charge in [-0.05, 0) is 34.9 Å². The standard InChI is InChI=1S/C18H13NO/c20-18-15(17-7-3-4-10-19-17)9-8-14-13-6-2-1-5-12(13)11-16(14)18/h1-10,20H,11H2. The van der Waals surface area contributed by atoms with Gasteiger partial charge >= 0.3 is 0 Å².